The largest absolute Gasteiger partial charge is 0.395 e. The highest BCUT2D eigenvalue weighted by molar-refractivity contribution is 4.74. The van der Waals surface area contributed by atoms with Crippen LogP contribution < -0.4 is 0 Å². The first-order valence-corrected chi connectivity index (χ1v) is 8.23. The van der Waals surface area contributed by atoms with E-state index < -0.39 is 0 Å². The van der Waals surface area contributed by atoms with Crippen molar-refractivity contribution in [2.45, 2.75) is 83.6 Å². The molecule has 1 rings (SSSR count). The first-order valence-electron chi connectivity index (χ1n) is 8.23. The van der Waals surface area contributed by atoms with Crippen LogP contribution in [0.1, 0.15) is 77.6 Å². The third-order valence-electron chi connectivity index (χ3n) is 4.26. The minimum absolute atomic E-state index is 0.358. The van der Waals surface area contributed by atoms with Crippen molar-refractivity contribution in [1.29, 1.82) is 0 Å². The van der Waals surface area contributed by atoms with Crippen molar-refractivity contribution < 1.29 is 5.11 Å². The molecule has 0 aromatic carbocycles. The van der Waals surface area contributed by atoms with Crippen molar-refractivity contribution in [3.63, 3.8) is 0 Å². The fraction of sp³-hybridized carbons (Fsp3) is 1.00. The van der Waals surface area contributed by atoms with Crippen molar-refractivity contribution in [2.24, 2.45) is 0 Å². The number of aliphatic hydroxyl groups is 1. The minimum atomic E-state index is 0.358. The molecule has 2 nitrogen and oxygen atoms in total. The quantitative estimate of drug-likeness (QED) is 0.630. The topological polar surface area (TPSA) is 23.5 Å². The third kappa shape index (κ3) is 6.75. The van der Waals surface area contributed by atoms with Gasteiger partial charge in [-0.2, -0.15) is 0 Å². The van der Waals surface area contributed by atoms with Gasteiger partial charge in [-0.1, -0.05) is 58.3 Å². The van der Waals surface area contributed by atoms with Crippen molar-refractivity contribution >= 4 is 0 Å². The van der Waals surface area contributed by atoms with Crippen LogP contribution in [-0.4, -0.2) is 35.7 Å². The van der Waals surface area contributed by atoms with Crippen molar-refractivity contribution in [2.75, 3.05) is 19.7 Å². The number of nitrogens with zero attached hydrogens (tertiary/aromatic N) is 1. The number of hydrogen-bond acceptors (Lipinski definition) is 2. The molecule has 0 amide bonds. The third-order valence-corrected chi connectivity index (χ3v) is 4.26. The Kier molecular flexibility index (Phi) is 9.59. The van der Waals surface area contributed by atoms with Crippen molar-refractivity contribution in [3.8, 4) is 0 Å². The van der Waals surface area contributed by atoms with Crippen LogP contribution >= 0.6 is 0 Å². The standard InChI is InChI=1S/C16H33NO/c1-2-3-4-5-6-7-10-13-17-14-11-8-9-12-16(17)15-18/h16,18H,2-15H2,1H3. The summed E-state index contributed by atoms with van der Waals surface area (Å²) in [5.41, 5.74) is 0. The predicted octanol–water partition coefficient (Wildman–Crippen LogP) is 3.97. The highest BCUT2D eigenvalue weighted by atomic mass is 16.3. The Morgan fingerprint density at radius 2 is 1.67 bits per heavy atom. The molecule has 1 aliphatic heterocycles. The van der Waals surface area contributed by atoms with Crippen LogP contribution in [0.5, 0.6) is 0 Å². The average molecular weight is 255 g/mol. The van der Waals surface area contributed by atoms with Crippen LogP contribution in [0.4, 0.5) is 0 Å². The Bertz CT molecular complexity index is 184. The van der Waals surface area contributed by atoms with E-state index in [9.17, 15) is 5.11 Å². The molecular formula is C16H33NO. The van der Waals surface area contributed by atoms with Gasteiger partial charge in [0.1, 0.15) is 0 Å². The Labute approximate surface area is 114 Å². The van der Waals surface area contributed by atoms with Gasteiger partial charge in [-0.3, -0.25) is 4.90 Å². The molecular weight excluding hydrogens is 222 g/mol. The van der Waals surface area contributed by atoms with Gasteiger partial charge in [-0.05, 0) is 32.4 Å². The summed E-state index contributed by atoms with van der Waals surface area (Å²) >= 11 is 0. The molecule has 1 atom stereocenters. The highest BCUT2D eigenvalue weighted by Gasteiger charge is 2.19. The lowest BCUT2D eigenvalue weighted by Crippen LogP contribution is -2.38. The zero-order valence-corrected chi connectivity index (χ0v) is 12.4. The average Bonchev–Trinajstić information content (AvgIpc) is 2.62. The van der Waals surface area contributed by atoms with E-state index in [1.54, 1.807) is 0 Å². The number of rotatable bonds is 9. The van der Waals surface area contributed by atoms with Gasteiger partial charge >= 0.3 is 0 Å². The van der Waals surface area contributed by atoms with Gasteiger partial charge in [0.15, 0.2) is 0 Å². The fourth-order valence-corrected chi connectivity index (χ4v) is 3.01. The van der Waals surface area contributed by atoms with E-state index in [4.69, 9.17) is 0 Å². The summed E-state index contributed by atoms with van der Waals surface area (Å²) in [6.07, 6.45) is 14.8. The van der Waals surface area contributed by atoms with E-state index in [0.29, 0.717) is 12.6 Å². The van der Waals surface area contributed by atoms with E-state index in [-0.39, 0.29) is 0 Å². The monoisotopic (exact) mass is 255 g/mol. The lowest BCUT2D eigenvalue weighted by molar-refractivity contribution is 0.122. The molecule has 0 spiro atoms. The number of hydrogen-bond donors (Lipinski definition) is 1. The molecule has 18 heavy (non-hydrogen) atoms. The summed E-state index contributed by atoms with van der Waals surface area (Å²) in [7, 11) is 0. The summed E-state index contributed by atoms with van der Waals surface area (Å²) in [5.74, 6) is 0. The minimum Gasteiger partial charge on any atom is -0.395 e. The van der Waals surface area contributed by atoms with E-state index in [1.165, 1.54) is 83.7 Å². The molecule has 1 fully saturated rings. The maximum atomic E-state index is 9.44. The molecule has 0 radical (unpaired) electrons. The van der Waals surface area contributed by atoms with E-state index in [0.717, 1.165) is 0 Å². The molecule has 2 heteroatoms. The second-order valence-corrected chi connectivity index (χ2v) is 5.84. The summed E-state index contributed by atoms with van der Waals surface area (Å²) < 4.78 is 0. The maximum absolute atomic E-state index is 9.44. The van der Waals surface area contributed by atoms with Gasteiger partial charge in [0.25, 0.3) is 0 Å². The Hall–Kier alpha value is -0.0800. The van der Waals surface area contributed by atoms with Gasteiger partial charge in [0.05, 0.1) is 6.61 Å². The summed E-state index contributed by atoms with van der Waals surface area (Å²) in [6, 6.07) is 0.451. The molecule has 0 aromatic rings. The molecule has 0 aliphatic carbocycles. The molecule has 1 aliphatic rings. The van der Waals surface area contributed by atoms with Crippen LogP contribution in [0.25, 0.3) is 0 Å². The zero-order chi connectivity index (χ0) is 13.1. The highest BCUT2D eigenvalue weighted by Crippen LogP contribution is 2.17. The Morgan fingerprint density at radius 1 is 0.944 bits per heavy atom. The number of likely N-dealkylation sites (tertiary alicyclic amines) is 1. The van der Waals surface area contributed by atoms with E-state index in [1.807, 2.05) is 0 Å². The molecule has 1 N–H and O–H groups in total. The van der Waals surface area contributed by atoms with Crippen molar-refractivity contribution in [3.05, 3.63) is 0 Å². The second-order valence-electron chi connectivity index (χ2n) is 5.84. The molecule has 0 bridgehead atoms. The molecule has 1 saturated heterocycles. The zero-order valence-electron chi connectivity index (χ0n) is 12.4. The SMILES string of the molecule is CCCCCCCCCN1CCCCCC1CO. The normalized spacial score (nSPS) is 22.0. The molecule has 0 aromatic heterocycles. The van der Waals surface area contributed by atoms with E-state index in [2.05, 4.69) is 11.8 Å². The summed E-state index contributed by atoms with van der Waals surface area (Å²) in [5, 5.41) is 9.44. The molecule has 1 heterocycles. The van der Waals surface area contributed by atoms with Gasteiger partial charge in [-0.25, -0.2) is 0 Å². The van der Waals surface area contributed by atoms with E-state index >= 15 is 0 Å². The van der Waals surface area contributed by atoms with Gasteiger partial charge in [-0.15, -0.1) is 0 Å². The van der Waals surface area contributed by atoms with Crippen LogP contribution in [0.3, 0.4) is 0 Å². The molecule has 0 saturated carbocycles. The smallest absolute Gasteiger partial charge is 0.0586 e. The van der Waals surface area contributed by atoms with Gasteiger partial charge in [0.2, 0.25) is 0 Å². The van der Waals surface area contributed by atoms with Crippen molar-refractivity contribution in [1.82, 2.24) is 4.90 Å². The van der Waals surface area contributed by atoms with Crippen LogP contribution in [-0.2, 0) is 0 Å². The van der Waals surface area contributed by atoms with Gasteiger partial charge in [0, 0.05) is 6.04 Å². The number of aliphatic hydroxyl groups excluding tert-OH is 1. The van der Waals surface area contributed by atoms with Crippen LogP contribution in [0.2, 0.25) is 0 Å². The lowest BCUT2D eigenvalue weighted by Gasteiger charge is -2.28. The van der Waals surface area contributed by atoms with Crippen LogP contribution in [0.15, 0.2) is 0 Å². The lowest BCUT2D eigenvalue weighted by atomic mass is 10.1. The van der Waals surface area contributed by atoms with Gasteiger partial charge < -0.3 is 5.11 Å². The Balaban J connectivity index is 2.05. The fourth-order valence-electron chi connectivity index (χ4n) is 3.01. The molecule has 108 valence electrons. The summed E-state index contributed by atoms with van der Waals surface area (Å²) in [6.45, 7) is 5.05. The molecule has 1 unspecified atom stereocenters. The van der Waals surface area contributed by atoms with Crippen LogP contribution in [0, 0.1) is 0 Å². The first-order chi connectivity index (χ1) is 8.88. The Morgan fingerprint density at radius 3 is 2.39 bits per heavy atom. The number of unbranched alkanes of at least 4 members (excludes halogenated alkanes) is 6. The predicted molar refractivity (Wildman–Crippen MR) is 78.9 cm³/mol. The maximum Gasteiger partial charge on any atom is 0.0586 e. The summed E-state index contributed by atoms with van der Waals surface area (Å²) in [4.78, 5) is 2.54. The second kappa shape index (κ2) is 10.8. The first kappa shape index (κ1) is 16.0.